The molecule has 0 aromatic carbocycles. The van der Waals surface area contributed by atoms with Crippen LogP contribution in [0.2, 0.25) is 0 Å². The number of hydrogen-bond acceptors (Lipinski definition) is 4. The van der Waals surface area contributed by atoms with E-state index in [4.69, 9.17) is 9.47 Å². The summed E-state index contributed by atoms with van der Waals surface area (Å²) in [6.07, 6.45) is 6.51. The summed E-state index contributed by atoms with van der Waals surface area (Å²) in [5.74, 6) is 0.744. The second-order valence-corrected chi connectivity index (χ2v) is 6.34. The van der Waals surface area contributed by atoms with Crippen LogP contribution in [0.25, 0.3) is 0 Å². The average molecular weight is 283 g/mol. The molecule has 4 heteroatoms. The lowest BCUT2D eigenvalue weighted by Gasteiger charge is -2.45. The molecule has 0 aromatic heterocycles. The molecule has 2 atom stereocenters. The minimum atomic E-state index is -0.0338. The molecule has 2 fully saturated rings. The van der Waals surface area contributed by atoms with Crippen LogP contribution in [0.3, 0.4) is 0 Å². The van der Waals surface area contributed by atoms with Crippen LogP contribution in [0.4, 0.5) is 0 Å². The summed E-state index contributed by atoms with van der Waals surface area (Å²) in [6, 6.07) is 0. The molecule has 2 aliphatic rings. The zero-order valence-corrected chi connectivity index (χ0v) is 13.0. The first-order valence-electron chi connectivity index (χ1n) is 8.15. The summed E-state index contributed by atoms with van der Waals surface area (Å²) in [5, 5.41) is 0. The average Bonchev–Trinajstić information content (AvgIpc) is 2.63. The fourth-order valence-electron chi connectivity index (χ4n) is 3.69. The lowest BCUT2D eigenvalue weighted by molar-refractivity contribution is -0.148. The van der Waals surface area contributed by atoms with Crippen LogP contribution < -0.4 is 0 Å². The summed E-state index contributed by atoms with van der Waals surface area (Å²) >= 11 is 0. The van der Waals surface area contributed by atoms with Crippen LogP contribution in [0.15, 0.2) is 0 Å². The van der Waals surface area contributed by atoms with E-state index in [1.165, 1.54) is 19.3 Å². The third-order valence-electron chi connectivity index (χ3n) is 4.90. The summed E-state index contributed by atoms with van der Waals surface area (Å²) in [5.41, 5.74) is 0.0147. The third kappa shape index (κ3) is 3.95. The predicted molar refractivity (Wildman–Crippen MR) is 78.6 cm³/mol. The minimum absolute atomic E-state index is 0.0147. The van der Waals surface area contributed by atoms with Gasteiger partial charge in [0.2, 0.25) is 0 Å². The van der Waals surface area contributed by atoms with Gasteiger partial charge >= 0.3 is 5.97 Å². The van der Waals surface area contributed by atoms with Crippen LogP contribution in [0, 0.1) is 5.92 Å². The highest BCUT2D eigenvalue weighted by atomic mass is 16.5. The first-order chi connectivity index (χ1) is 9.66. The second-order valence-electron chi connectivity index (χ2n) is 6.34. The molecule has 0 N–H and O–H groups in total. The van der Waals surface area contributed by atoms with Gasteiger partial charge in [-0.1, -0.05) is 19.8 Å². The van der Waals surface area contributed by atoms with Crippen molar-refractivity contribution >= 4 is 5.97 Å². The van der Waals surface area contributed by atoms with E-state index < -0.39 is 0 Å². The fourth-order valence-corrected chi connectivity index (χ4v) is 3.69. The summed E-state index contributed by atoms with van der Waals surface area (Å²) in [6.45, 7) is 8.19. The Morgan fingerprint density at radius 3 is 2.75 bits per heavy atom. The van der Waals surface area contributed by atoms with Crippen molar-refractivity contribution in [2.24, 2.45) is 5.92 Å². The Morgan fingerprint density at radius 2 is 2.05 bits per heavy atom. The van der Waals surface area contributed by atoms with Crippen LogP contribution in [0.1, 0.15) is 52.4 Å². The number of morpholine rings is 1. The second kappa shape index (κ2) is 7.41. The molecule has 0 spiro atoms. The largest absolute Gasteiger partial charge is 0.466 e. The first-order valence-corrected chi connectivity index (χ1v) is 8.15. The molecule has 0 amide bonds. The maximum absolute atomic E-state index is 12.1. The van der Waals surface area contributed by atoms with Crippen LogP contribution in [-0.4, -0.2) is 49.3 Å². The Balaban J connectivity index is 2.10. The van der Waals surface area contributed by atoms with Crippen LogP contribution >= 0.6 is 0 Å². The molecule has 20 heavy (non-hydrogen) atoms. The smallest absolute Gasteiger partial charge is 0.307 e. The standard InChI is InChI=1S/C16H29NO3/c1-3-20-15(18)13-16(17-9-11-19-12-10-17)7-4-5-14(2)6-8-16/h14H,3-13H2,1-2H3. The topological polar surface area (TPSA) is 38.8 Å². The number of ether oxygens (including phenoxy) is 2. The van der Waals surface area contributed by atoms with Gasteiger partial charge in [-0.05, 0) is 32.1 Å². The molecule has 0 aromatic rings. The normalized spacial score (nSPS) is 32.6. The zero-order valence-electron chi connectivity index (χ0n) is 13.0. The van der Waals surface area contributed by atoms with E-state index >= 15 is 0 Å². The Bertz CT molecular complexity index is 315. The SMILES string of the molecule is CCOC(=O)CC1(N2CCOCC2)CCCC(C)CC1. The van der Waals surface area contributed by atoms with E-state index in [1.807, 2.05) is 6.92 Å². The number of hydrogen-bond donors (Lipinski definition) is 0. The minimum Gasteiger partial charge on any atom is -0.466 e. The van der Waals surface area contributed by atoms with Gasteiger partial charge in [-0.25, -0.2) is 0 Å². The summed E-state index contributed by atoms with van der Waals surface area (Å²) < 4.78 is 10.7. The molecular formula is C16H29NO3. The van der Waals surface area contributed by atoms with E-state index in [2.05, 4.69) is 11.8 Å². The molecule has 1 aliphatic carbocycles. The van der Waals surface area contributed by atoms with E-state index in [0.29, 0.717) is 13.0 Å². The van der Waals surface area contributed by atoms with Gasteiger partial charge in [0.1, 0.15) is 0 Å². The van der Waals surface area contributed by atoms with Crippen molar-refractivity contribution in [3.8, 4) is 0 Å². The quantitative estimate of drug-likeness (QED) is 0.587. The first kappa shape index (κ1) is 15.8. The molecule has 1 heterocycles. The molecule has 0 bridgehead atoms. The van der Waals surface area contributed by atoms with Crippen molar-refractivity contribution < 1.29 is 14.3 Å². The number of nitrogens with zero attached hydrogens (tertiary/aromatic N) is 1. The molecule has 1 saturated heterocycles. The van der Waals surface area contributed by atoms with E-state index in [0.717, 1.165) is 45.1 Å². The Labute approximate surface area is 122 Å². The molecule has 1 aliphatic heterocycles. The van der Waals surface area contributed by atoms with Gasteiger partial charge in [0, 0.05) is 18.6 Å². The van der Waals surface area contributed by atoms with E-state index in [-0.39, 0.29) is 11.5 Å². The number of rotatable bonds is 4. The predicted octanol–water partition coefficient (Wildman–Crippen LogP) is 2.61. The lowest BCUT2D eigenvalue weighted by Crippen LogP contribution is -2.54. The monoisotopic (exact) mass is 283 g/mol. The number of carbonyl (C=O) groups is 1. The van der Waals surface area contributed by atoms with Gasteiger partial charge in [-0.2, -0.15) is 0 Å². The van der Waals surface area contributed by atoms with Crippen molar-refractivity contribution in [2.45, 2.75) is 57.9 Å². The van der Waals surface area contributed by atoms with Crippen molar-refractivity contribution in [2.75, 3.05) is 32.9 Å². The highest BCUT2D eigenvalue weighted by Crippen LogP contribution is 2.38. The fraction of sp³-hybridized carbons (Fsp3) is 0.938. The van der Waals surface area contributed by atoms with Gasteiger partial charge in [0.25, 0.3) is 0 Å². The number of esters is 1. The van der Waals surface area contributed by atoms with Gasteiger partial charge < -0.3 is 9.47 Å². The molecule has 1 saturated carbocycles. The highest BCUT2D eigenvalue weighted by Gasteiger charge is 2.40. The van der Waals surface area contributed by atoms with Crippen LogP contribution in [-0.2, 0) is 14.3 Å². The van der Waals surface area contributed by atoms with Crippen molar-refractivity contribution in [3.05, 3.63) is 0 Å². The molecule has 0 radical (unpaired) electrons. The van der Waals surface area contributed by atoms with Gasteiger partial charge in [0.15, 0.2) is 0 Å². The maximum Gasteiger partial charge on any atom is 0.307 e. The maximum atomic E-state index is 12.1. The molecule has 2 unspecified atom stereocenters. The van der Waals surface area contributed by atoms with E-state index in [9.17, 15) is 4.79 Å². The van der Waals surface area contributed by atoms with E-state index in [1.54, 1.807) is 0 Å². The number of carbonyl (C=O) groups excluding carboxylic acids is 1. The third-order valence-corrected chi connectivity index (χ3v) is 4.90. The Kier molecular flexibility index (Phi) is 5.85. The molecule has 116 valence electrons. The van der Waals surface area contributed by atoms with Crippen LogP contribution in [0.5, 0.6) is 0 Å². The van der Waals surface area contributed by atoms with Crippen molar-refractivity contribution in [1.29, 1.82) is 0 Å². The summed E-state index contributed by atoms with van der Waals surface area (Å²) in [4.78, 5) is 14.6. The molecule has 4 nitrogen and oxygen atoms in total. The Hall–Kier alpha value is -0.610. The highest BCUT2D eigenvalue weighted by molar-refractivity contribution is 5.71. The Morgan fingerprint density at radius 1 is 1.30 bits per heavy atom. The van der Waals surface area contributed by atoms with Gasteiger partial charge in [-0.15, -0.1) is 0 Å². The van der Waals surface area contributed by atoms with Crippen molar-refractivity contribution in [3.63, 3.8) is 0 Å². The van der Waals surface area contributed by atoms with Crippen molar-refractivity contribution in [1.82, 2.24) is 4.90 Å². The lowest BCUT2D eigenvalue weighted by atomic mass is 9.84. The molecule has 2 rings (SSSR count). The van der Waals surface area contributed by atoms with Gasteiger partial charge in [0.05, 0.1) is 26.2 Å². The molecular weight excluding hydrogens is 254 g/mol. The van der Waals surface area contributed by atoms with Gasteiger partial charge in [-0.3, -0.25) is 9.69 Å². The summed E-state index contributed by atoms with van der Waals surface area (Å²) in [7, 11) is 0. The zero-order chi connectivity index (χ0) is 14.4.